The zero-order chi connectivity index (χ0) is 14.3. The molecule has 0 amide bonds. The number of hydrogen-bond donors (Lipinski definition) is 1. The highest BCUT2D eigenvalue weighted by Crippen LogP contribution is 2.17. The van der Waals surface area contributed by atoms with Crippen molar-refractivity contribution in [1.82, 2.24) is 0 Å². The molecule has 106 valence electrons. The number of Topliss-reactive ketones (excluding diaryl/α,β-unsaturated/α-hetero) is 1. The molecule has 1 aromatic carbocycles. The van der Waals surface area contributed by atoms with Crippen LogP contribution in [0.1, 0.15) is 16.8 Å². The van der Waals surface area contributed by atoms with E-state index >= 15 is 0 Å². The minimum absolute atomic E-state index is 0.100. The van der Waals surface area contributed by atoms with E-state index in [1.165, 1.54) is 7.11 Å². The molecule has 0 aromatic heterocycles. The third-order valence-corrected chi connectivity index (χ3v) is 3.00. The van der Waals surface area contributed by atoms with Gasteiger partial charge in [0, 0.05) is 32.7 Å². The van der Waals surface area contributed by atoms with Gasteiger partial charge in [-0.2, -0.15) is 0 Å². The first-order valence-corrected chi connectivity index (χ1v) is 6.10. The molecule has 2 atom stereocenters. The van der Waals surface area contributed by atoms with Gasteiger partial charge in [-0.15, -0.1) is 0 Å². The second-order valence-corrected chi connectivity index (χ2v) is 4.15. The summed E-state index contributed by atoms with van der Waals surface area (Å²) in [6.45, 7) is 0.349. The molecular formula is C14H21NO4. The van der Waals surface area contributed by atoms with Crippen LogP contribution in [0.25, 0.3) is 0 Å². The minimum atomic E-state index is -0.569. The number of benzene rings is 1. The zero-order valence-electron chi connectivity index (χ0n) is 11.6. The van der Waals surface area contributed by atoms with Crippen LogP contribution >= 0.6 is 0 Å². The van der Waals surface area contributed by atoms with Crippen molar-refractivity contribution in [3.8, 4) is 5.75 Å². The van der Waals surface area contributed by atoms with E-state index in [9.17, 15) is 4.79 Å². The van der Waals surface area contributed by atoms with Crippen LogP contribution in [0.2, 0.25) is 0 Å². The predicted molar refractivity (Wildman–Crippen MR) is 72.6 cm³/mol. The second kappa shape index (κ2) is 7.89. The van der Waals surface area contributed by atoms with Gasteiger partial charge in [-0.3, -0.25) is 4.79 Å². The third kappa shape index (κ3) is 4.31. The SMILES string of the molecule is COc1cccc(C(=O)C(CC(CN)OC)OC)c1. The van der Waals surface area contributed by atoms with Crippen molar-refractivity contribution in [2.24, 2.45) is 5.73 Å². The lowest BCUT2D eigenvalue weighted by Crippen LogP contribution is -2.33. The Bertz CT molecular complexity index is 404. The van der Waals surface area contributed by atoms with E-state index in [1.54, 1.807) is 38.5 Å². The van der Waals surface area contributed by atoms with Gasteiger partial charge >= 0.3 is 0 Å². The van der Waals surface area contributed by atoms with Gasteiger partial charge < -0.3 is 19.9 Å². The van der Waals surface area contributed by atoms with E-state index in [1.807, 2.05) is 0 Å². The number of carbonyl (C=O) groups is 1. The summed E-state index contributed by atoms with van der Waals surface area (Å²) < 4.78 is 15.5. The smallest absolute Gasteiger partial charge is 0.191 e. The normalized spacial score (nSPS) is 13.9. The van der Waals surface area contributed by atoms with Gasteiger partial charge in [0.2, 0.25) is 0 Å². The molecule has 0 aliphatic heterocycles. The summed E-state index contributed by atoms with van der Waals surface area (Å²) in [7, 11) is 4.64. The number of nitrogens with two attached hydrogens (primary N) is 1. The van der Waals surface area contributed by atoms with E-state index in [2.05, 4.69) is 0 Å². The monoisotopic (exact) mass is 267 g/mol. The Hall–Kier alpha value is -1.43. The highest BCUT2D eigenvalue weighted by Gasteiger charge is 2.23. The van der Waals surface area contributed by atoms with Crippen molar-refractivity contribution < 1.29 is 19.0 Å². The second-order valence-electron chi connectivity index (χ2n) is 4.15. The summed E-state index contributed by atoms with van der Waals surface area (Å²) >= 11 is 0. The molecule has 1 aromatic rings. The van der Waals surface area contributed by atoms with Gasteiger partial charge in [-0.1, -0.05) is 12.1 Å². The average Bonchev–Trinajstić information content (AvgIpc) is 2.48. The van der Waals surface area contributed by atoms with Crippen LogP contribution in [0, 0.1) is 0 Å². The fourth-order valence-corrected chi connectivity index (χ4v) is 1.80. The Balaban J connectivity index is 2.82. The minimum Gasteiger partial charge on any atom is -0.497 e. The van der Waals surface area contributed by atoms with E-state index in [-0.39, 0.29) is 11.9 Å². The van der Waals surface area contributed by atoms with Gasteiger partial charge in [-0.05, 0) is 12.1 Å². The van der Waals surface area contributed by atoms with Gasteiger partial charge in [0.15, 0.2) is 5.78 Å². The molecule has 2 N–H and O–H groups in total. The lowest BCUT2D eigenvalue weighted by Gasteiger charge is -2.19. The molecule has 19 heavy (non-hydrogen) atoms. The molecule has 0 saturated heterocycles. The Morgan fingerprint density at radius 3 is 2.53 bits per heavy atom. The molecule has 5 heteroatoms. The number of methoxy groups -OCH3 is 3. The molecule has 0 radical (unpaired) electrons. The maximum absolute atomic E-state index is 12.3. The first kappa shape index (κ1) is 15.6. The maximum atomic E-state index is 12.3. The predicted octanol–water partition coefficient (Wildman–Crippen LogP) is 1.26. The number of ether oxygens (including phenoxy) is 3. The largest absolute Gasteiger partial charge is 0.497 e. The third-order valence-electron chi connectivity index (χ3n) is 3.00. The van der Waals surface area contributed by atoms with Crippen LogP contribution in [0.3, 0.4) is 0 Å². The molecule has 0 spiro atoms. The molecule has 0 aliphatic carbocycles. The lowest BCUT2D eigenvalue weighted by atomic mass is 10.0. The van der Waals surface area contributed by atoms with Crippen molar-refractivity contribution in [3.63, 3.8) is 0 Å². The standard InChI is InChI=1S/C14H21NO4/c1-17-11-6-4-5-10(7-11)14(16)13(19-3)8-12(9-15)18-2/h4-7,12-13H,8-9,15H2,1-3H3. The van der Waals surface area contributed by atoms with Crippen molar-refractivity contribution in [2.75, 3.05) is 27.9 Å². The van der Waals surface area contributed by atoms with Crippen LogP contribution in [0.5, 0.6) is 5.75 Å². The molecule has 0 bridgehead atoms. The quantitative estimate of drug-likeness (QED) is 0.718. The van der Waals surface area contributed by atoms with Gasteiger partial charge in [0.25, 0.3) is 0 Å². The Morgan fingerprint density at radius 2 is 2.00 bits per heavy atom. The average molecular weight is 267 g/mol. The van der Waals surface area contributed by atoms with Crippen LogP contribution in [0.15, 0.2) is 24.3 Å². The molecule has 5 nitrogen and oxygen atoms in total. The highest BCUT2D eigenvalue weighted by molar-refractivity contribution is 5.99. The Kier molecular flexibility index (Phi) is 6.49. The number of ketones is 1. The fraction of sp³-hybridized carbons (Fsp3) is 0.500. The van der Waals surface area contributed by atoms with E-state index < -0.39 is 6.10 Å². The molecule has 1 rings (SSSR count). The fourth-order valence-electron chi connectivity index (χ4n) is 1.80. The summed E-state index contributed by atoms with van der Waals surface area (Å²) in [4.78, 5) is 12.3. The molecule has 0 aliphatic rings. The molecule has 2 unspecified atom stereocenters. The van der Waals surface area contributed by atoms with Crippen molar-refractivity contribution >= 4 is 5.78 Å². The van der Waals surface area contributed by atoms with Crippen LogP contribution < -0.4 is 10.5 Å². The molecular weight excluding hydrogens is 246 g/mol. The van der Waals surface area contributed by atoms with Crippen LogP contribution in [-0.2, 0) is 9.47 Å². The van der Waals surface area contributed by atoms with Crippen molar-refractivity contribution in [1.29, 1.82) is 0 Å². The van der Waals surface area contributed by atoms with Gasteiger partial charge in [0.05, 0.1) is 13.2 Å². The van der Waals surface area contributed by atoms with Gasteiger partial charge in [-0.25, -0.2) is 0 Å². The number of hydrogen-bond acceptors (Lipinski definition) is 5. The molecule has 0 fully saturated rings. The summed E-state index contributed by atoms with van der Waals surface area (Å²) in [5.41, 5.74) is 6.11. The van der Waals surface area contributed by atoms with Crippen molar-refractivity contribution in [3.05, 3.63) is 29.8 Å². The van der Waals surface area contributed by atoms with E-state index in [4.69, 9.17) is 19.9 Å². The van der Waals surface area contributed by atoms with E-state index in [0.29, 0.717) is 24.3 Å². The Morgan fingerprint density at radius 1 is 1.26 bits per heavy atom. The number of rotatable bonds is 8. The lowest BCUT2D eigenvalue weighted by molar-refractivity contribution is 0.0255. The topological polar surface area (TPSA) is 70.8 Å². The summed E-state index contributed by atoms with van der Waals surface area (Å²) in [6.07, 6.45) is -0.334. The summed E-state index contributed by atoms with van der Waals surface area (Å²) in [6, 6.07) is 6.99. The molecule has 0 saturated carbocycles. The Labute approximate surface area is 113 Å². The van der Waals surface area contributed by atoms with Gasteiger partial charge in [0.1, 0.15) is 11.9 Å². The first-order valence-electron chi connectivity index (χ1n) is 6.10. The van der Waals surface area contributed by atoms with E-state index in [0.717, 1.165) is 0 Å². The van der Waals surface area contributed by atoms with Crippen molar-refractivity contribution in [2.45, 2.75) is 18.6 Å². The van der Waals surface area contributed by atoms with Crippen LogP contribution in [-0.4, -0.2) is 45.9 Å². The summed E-state index contributed by atoms with van der Waals surface area (Å²) in [5.74, 6) is 0.541. The summed E-state index contributed by atoms with van der Waals surface area (Å²) in [5, 5.41) is 0. The first-order chi connectivity index (χ1) is 9.15. The highest BCUT2D eigenvalue weighted by atomic mass is 16.5. The van der Waals surface area contributed by atoms with Crippen LogP contribution in [0.4, 0.5) is 0 Å². The number of carbonyl (C=O) groups excluding carboxylic acids is 1. The zero-order valence-corrected chi connectivity index (χ0v) is 11.6. The molecule has 0 heterocycles. The maximum Gasteiger partial charge on any atom is 0.191 e.